The van der Waals surface area contributed by atoms with Crippen LogP contribution < -0.4 is 4.90 Å². The third-order valence-corrected chi connectivity index (χ3v) is 5.26. The molecule has 1 aromatic carbocycles. The number of likely N-dealkylation sites (N-methyl/N-ethyl adjacent to an activating group) is 1. The predicted molar refractivity (Wildman–Crippen MR) is 112 cm³/mol. The fraction of sp³-hybridized carbons (Fsp3) is 0.429. The maximum absolute atomic E-state index is 12.3. The number of hydrogen-bond acceptors (Lipinski definition) is 4. The van der Waals surface area contributed by atoms with Crippen molar-refractivity contribution in [2.75, 3.05) is 19.6 Å². The molecule has 154 valence electrons. The molecule has 1 amide bonds. The number of carbonyl (C=O) groups is 1. The van der Waals surface area contributed by atoms with Crippen LogP contribution in [0.4, 0.5) is 5.69 Å². The molecule has 2 heterocycles. The van der Waals surface area contributed by atoms with E-state index in [1.54, 1.807) is 4.68 Å². The number of aromatic hydroxyl groups is 1. The molecule has 0 spiro atoms. The highest BCUT2D eigenvalue weighted by molar-refractivity contribution is 5.95. The smallest absolute Gasteiger partial charge is 0.286 e. The SMILES string of the molecule is CC[NH+](CC)CCn1c(O)c(N=NC(=O)Cn2nc(C)cc2C)c2ccccc21. The van der Waals surface area contributed by atoms with E-state index in [1.807, 2.05) is 48.7 Å². The number of fused-ring (bicyclic) bond motifs is 1. The average Bonchev–Trinajstić information content (AvgIpc) is 3.16. The van der Waals surface area contributed by atoms with E-state index in [9.17, 15) is 9.90 Å². The van der Waals surface area contributed by atoms with Crippen LogP contribution in [-0.4, -0.2) is 45.0 Å². The van der Waals surface area contributed by atoms with E-state index in [0.29, 0.717) is 12.2 Å². The van der Waals surface area contributed by atoms with Crippen molar-refractivity contribution in [2.24, 2.45) is 10.2 Å². The van der Waals surface area contributed by atoms with Gasteiger partial charge in [-0.3, -0.25) is 9.48 Å². The number of azo groups is 1. The van der Waals surface area contributed by atoms with E-state index in [1.165, 1.54) is 4.90 Å². The molecule has 0 fully saturated rings. The van der Waals surface area contributed by atoms with E-state index < -0.39 is 5.91 Å². The first-order chi connectivity index (χ1) is 13.9. The summed E-state index contributed by atoms with van der Waals surface area (Å²) in [6, 6.07) is 9.55. The summed E-state index contributed by atoms with van der Waals surface area (Å²) in [5.41, 5.74) is 2.96. The quantitative estimate of drug-likeness (QED) is 0.572. The lowest BCUT2D eigenvalue weighted by Crippen LogP contribution is -3.11. The van der Waals surface area contributed by atoms with Gasteiger partial charge in [0.15, 0.2) is 5.69 Å². The fourth-order valence-corrected chi connectivity index (χ4v) is 3.57. The number of quaternary nitrogens is 1. The average molecular weight is 398 g/mol. The normalized spacial score (nSPS) is 11.9. The predicted octanol–water partition coefficient (Wildman–Crippen LogP) is 2.40. The molecule has 0 saturated heterocycles. The van der Waals surface area contributed by atoms with E-state index in [-0.39, 0.29) is 12.4 Å². The third kappa shape index (κ3) is 4.54. The van der Waals surface area contributed by atoms with E-state index in [0.717, 1.165) is 41.9 Å². The van der Waals surface area contributed by atoms with Crippen LogP contribution >= 0.6 is 0 Å². The Hall–Kier alpha value is -3.00. The minimum absolute atomic E-state index is 0.0217. The Labute approximate surface area is 170 Å². The molecule has 0 unspecified atom stereocenters. The van der Waals surface area contributed by atoms with Gasteiger partial charge in [0.1, 0.15) is 6.54 Å². The molecule has 0 radical (unpaired) electrons. The van der Waals surface area contributed by atoms with Crippen LogP contribution in [0.15, 0.2) is 40.6 Å². The zero-order chi connectivity index (χ0) is 21.0. The molecule has 2 N–H and O–H groups in total. The molecule has 0 bridgehead atoms. The van der Waals surface area contributed by atoms with Gasteiger partial charge < -0.3 is 14.6 Å². The van der Waals surface area contributed by atoms with Crippen molar-refractivity contribution in [1.82, 2.24) is 14.3 Å². The highest BCUT2D eigenvalue weighted by Crippen LogP contribution is 2.38. The fourth-order valence-electron chi connectivity index (χ4n) is 3.57. The van der Waals surface area contributed by atoms with Gasteiger partial charge in [0.05, 0.1) is 37.4 Å². The Morgan fingerprint density at radius 3 is 2.59 bits per heavy atom. The number of nitrogens with zero attached hydrogens (tertiary/aromatic N) is 5. The molecule has 8 heteroatoms. The van der Waals surface area contributed by atoms with Crippen molar-refractivity contribution in [1.29, 1.82) is 0 Å². The van der Waals surface area contributed by atoms with Crippen LogP contribution in [0.3, 0.4) is 0 Å². The Morgan fingerprint density at radius 1 is 1.21 bits per heavy atom. The Balaban J connectivity index is 1.85. The summed E-state index contributed by atoms with van der Waals surface area (Å²) in [5, 5.41) is 23.8. The lowest BCUT2D eigenvalue weighted by molar-refractivity contribution is -0.897. The van der Waals surface area contributed by atoms with Crippen molar-refractivity contribution in [3.63, 3.8) is 0 Å². The molecular weight excluding hydrogens is 368 g/mol. The summed E-state index contributed by atoms with van der Waals surface area (Å²) >= 11 is 0. The lowest BCUT2D eigenvalue weighted by Gasteiger charge is -2.16. The first kappa shape index (κ1) is 20.7. The van der Waals surface area contributed by atoms with Crippen LogP contribution in [0, 0.1) is 13.8 Å². The van der Waals surface area contributed by atoms with Gasteiger partial charge in [-0.25, -0.2) is 0 Å². The van der Waals surface area contributed by atoms with Gasteiger partial charge in [-0.2, -0.15) is 5.10 Å². The molecule has 8 nitrogen and oxygen atoms in total. The topological polar surface area (TPSA) is 89.2 Å². The van der Waals surface area contributed by atoms with Gasteiger partial charge >= 0.3 is 0 Å². The second-order valence-corrected chi connectivity index (χ2v) is 7.23. The minimum atomic E-state index is -0.417. The molecular formula is C21H29N6O2+. The number of aromatic nitrogens is 3. The highest BCUT2D eigenvalue weighted by Gasteiger charge is 2.18. The number of rotatable bonds is 8. The molecule has 0 aliphatic carbocycles. The van der Waals surface area contributed by atoms with Crippen molar-refractivity contribution >= 4 is 22.5 Å². The molecule has 29 heavy (non-hydrogen) atoms. The maximum atomic E-state index is 12.3. The summed E-state index contributed by atoms with van der Waals surface area (Å²) in [5.74, 6) is -0.375. The number of nitrogens with one attached hydrogen (secondary N) is 1. The first-order valence-electron chi connectivity index (χ1n) is 10.0. The van der Waals surface area contributed by atoms with Crippen LogP contribution in [0.5, 0.6) is 5.88 Å². The number of amides is 1. The molecule has 0 aliphatic rings. The number of aryl methyl sites for hydroxylation is 2. The standard InChI is InChI=1S/C21H28N6O2/c1-5-25(6-2)11-12-26-18-10-8-7-9-17(18)20(21(26)29)23-22-19(28)14-27-16(4)13-15(3)24-27/h7-10,13,29H,5-6,11-12,14H2,1-4H3/p+1. The van der Waals surface area contributed by atoms with E-state index >= 15 is 0 Å². The Bertz CT molecular complexity index is 1030. The van der Waals surface area contributed by atoms with Crippen molar-refractivity contribution in [3.05, 3.63) is 41.7 Å². The molecule has 0 atom stereocenters. The van der Waals surface area contributed by atoms with Crippen LogP contribution in [-0.2, 0) is 17.9 Å². The Morgan fingerprint density at radius 2 is 1.93 bits per heavy atom. The Kier molecular flexibility index (Phi) is 6.43. The highest BCUT2D eigenvalue weighted by atomic mass is 16.3. The van der Waals surface area contributed by atoms with Crippen molar-refractivity contribution in [2.45, 2.75) is 40.8 Å². The molecule has 2 aromatic heterocycles. The van der Waals surface area contributed by atoms with E-state index in [4.69, 9.17) is 0 Å². The minimum Gasteiger partial charge on any atom is -0.493 e. The molecule has 3 aromatic rings. The van der Waals surface area contributed by atoms with Gasteiger partial charge in [0.2, 0.25) is 5.88 Å². The van der Waals surface area contributed by atoms with Crippen LogP contribution in [0.25, 0.3) is 10.9 Å². The molecule has 0 saturated carbocycles. The summed E-state index contributed by atoms with van der Waals surface area (Å²) in [6.07, 6.45) is 0. The lowest BCUT2D eigenvalue weighted by atomic mass is 10.2. The van der Waals surface area contributed by atoms with Crippen LogP contribution in [0.1, 0.15) is 25.2 Å². The number of carbonyl (C=O) groups excluding carboxylic acids is 1. The second kappa shape index (κ2) is 9.00. The van der Waals surface area contributed by atoms with Gasteiger partial charge in [-0.05, 0) is 39.8 Å². The number of para-hydroxylation sites is 1. The monoisotopic (exact) mass is 397 g/mol. The van der Waals surface area contributed by atoms with E-state index in [2.05, 4.69) is 29.2 Å². The summed E-state index contributed by atoms with van der Waals surface area (Å²) in [4.78, 5) is 13.7. The van der Waals surface area contributed by atoms with Crippen molar-refractivity contribution in [3.8, 4) is 5.88 Å². The number of benzene rings is 1. The first-order valence-corrected chi connectivity index (χ1v) is 10.0. The van der Waals surface area contributed by atoms with Crippen LogP contribution in [0.2, 0.25) is 0 Å². The maximum Gasteiger partial charge on any atom is 0.286 e. The second-order valence-electron chi connectivity index (χ2n) is 7.23. The summed E-state index contributed by atoms with van der Waals surface area (Å²) in [7, 11) is 0. The van der Waals surface area contributed by atoms with Gasteiger partial charge in [0, 0.05) is 11.1 Å². The zero-order valence-corrected chi connectivity index (χ0v) is 17.5. The molecule has 0 aliphatic heterocycles. The summed E-state index contributed by atoms with van der Waals surface area (Å²) in [6.45, 7) is 11.7. The third-order valence-electron chi connectivity index (χ3n) is 5.26. The van der Waals surface area contributed by atoms with Crippen molar-refractivity contribution < 1.29 is 14.8 Å². The molecule has 3 rings (SSSR count). The largest absolute Gasteiger partial charge is 0.493 e. The van der Waals surface area contributed by atoms with Gasteiger partial charge in [0.25, 0.3) is 5.91 Å². The number of hydrogen-bond donors (Lipinski definition) is 2. The summed E-state index contributed by atoms with van der Waals surface area (Å²) < 4.78 is 3.45. The zero-order valence-electron chi connectivity index (χ0n) is 17.5. The van der Waals surface area contributed by atoms with Gasteiger partial charge in [-0.15, -0.1) is 10.2 Å². The van der Waals surface area contributed by atoms with Gasteiger partial charge in [-0.1, -0.05) is 18.2 Å².